The Balaban J connectivity index is 1.61. The van der Waals surface area contributed by atoms with Gasteiger partial charge in [0.2, 0.25) is 0 Å². The van der Waals surface area contributed by atoms with Gasteiger partial charge in [-0.05, 0) is 40.0 Å². The van der Waals surface area contributed by atoms with Crippen molar-refractivity contribution >= 4 is 24.2 Å². The van der Waals surface area contributed by atoms with E-state index in [0.717, 1.165) is 11.1 Å². The fourth-order valence-corrected chi connectivity index (χ4v) is 3.00. The summed E-state index contributed by atoms with van der Waals surface area (Å²) in [5.74, 6) is 0.801. The van der Waals surface area contributed by atoms with Gasteiger partial charge in [0.05, 0.1) is 12.4 Å². The number of benzene rings is 2. The van der Waals surface area contributed by atoms with Gasteiger partial charge < -0.3 is 0 Å². The van der Waals surface area contributed by atoms with Crippen molar-refractivity contribution in [3.63, 3.8) is 0 Å². The second-order valence-electron chi connectivity index (χ2n) is 10.1. The van der Waals surface area contributed by atoms with Crippen LogP contribution in [-0.4, -0.2) is 27.6 Å². The SMILES string of the molecule is Cc1nnc(N/N=C/c2ccc(C(C)(C)C)cc2)nc1N/N=C/c1ccc(C(C)(C)C)cc1. The predicted molar refractivity (Wildman–Crippen MR) is 137 cm³/mol. The second-order valence-corrected chi connectivity index (χ2v) is 10.1. The monoisotopic (exact) mass is 443 g/mol. The Morgan fingerprint density at radius 3 is 1.58 bits per heavy atom. The highest BCUT2D eigenvalue weighted by Crippen LogP contribution is 2.22. The van der Waals surface area contributed by atoms with E-state index in [9.17, 15) is 0 Å². The molecule has 0 amide bonds. The first kappa shape index (κ1) is 24.0. The first-order chi connectivity index (χ1) is 15.5. The van der Waals surface area contributed by atoms with Crippen LogP contribution in [0.4, 0.5) is 11.8 Å². The average Bonchev–Trinajstić information content (AvgIpc) is 2.75. The highest BCUT2D eigenvalue weighted by Gasteiger charge is 2.13. The van der Waals surface area contributed by atoms with Crippen LogP contribution in [0.1, 0.15) is 69.5 Å². The number of hydrazone groups is 2. The van der Waals surface area contributed by atoms with Gasteiger partial charge in [-0.25, -0.2) is 5.43 Å². The Morgan fingerprint density at radius 1 is 0.667 bits per heavy atom. The topological polar surface area (TPSA) is 87.5 Å². The van der Waals surface area contributed by atoms with E-state index in [4.69, 9.17) is 0 Å². The molecular weight excluding hydrogens is 410 g/mol. The summed E-state index contributed by atoms with van der Waals surface area (Å²) in [5, 5.41) is 16.7. The molecule has 0 unspecified atom stereocenters. The fraction of sp³-hybridized carbons (Fsp3) is 0.346. The van der Waals surface area contributed by atoms with Gasteiger partial charge in [0.15, 0.2) is 5.82 Å². The summed E-state index contributed by atoms with van der Waals surface area (Å²) in [6.07, 6.45) is 3.47. The van der Waals surface area contributed by atoms with E-state index < -0.39 is 0 Å². The molecule has 2 aromatic carbocycles. The van der Waals surface area contributed by atoms with Crippen LogP contribution in [0.5, 0.6) is 0 Å². The number of rotatable bonds is 6. The zero-order valence-electron chi connectivity index (χ0n) is 20.5. The number of anilines is 2. The Hall–Kier alpha value is -3.61. The third-order valence-corrected chi connectivity index (χ3v) is 5.17. The van der Waals surface area contributed by atoms with Gasteiger partial charge >= 0.3 is 0 Å². The lowest BCUT2D eigenvalue weighted by Gasteiger charge is -2.18. The van der Waals surface area contributed by atoms with E-state index >= 15 is 0 Å². The van der Waals surface area contributed by atoms with Gasteiger partial charge in [-0.15, -0.1) is 10.2 Å². The zero-order valence-corrected chi connectivity index (χ0v) is 20.5. The van der Waals surface area contributed by atoms with Crippen LogP contribution in [0, 0.1) is 6.92 Å². The van der Waals surface area contributed by atoms with Crippen molar-refractivity contribution in [2.24, 2.45) is 10.2 Å². The first-order valence-corrected chi connectivity index (χ1v) is 11.0. The molecule has 0 aliphatic rings. The van der Waals surface area contributed by atoms with Crippen molar-refractivity contribution in [1.82, 2.24) is 15.2 Å². The molecule has 0 atom stereocenters. The highest BCUT2D eigenvalue weighted by molar-refractivity contribution is 5.80. The molecule has 0 bridgehead atoms. The summed E-state index contributed by atoms with van der Waals surface area (Å²) in [6, 6.07) is 16.6. The van der Waals surface area contributed by atoms with Crippen LogP contribution in [0.3, 0.4) is 0 Å². The summed E-state index contributed by atoms with van der Waals surface area (Å²) in [6.45, 7) is 15.0. The van der Waals surface area contributed by atoms with Crippen LogP contribution >= 0.6 is 0 Å². The molecule has 172 valence electrons. The lowest BCUT2D eigenvalue weighted by Crippen LogP contribution is -2.10. The summed E-state index contributed by atoms with van der Waals surface area (Å²) in [4.78, 5) is 4.40. The largest absolute Gasteiger partial charge is 0.265 e. The van der Waals surface area contributed by atoms with Crippen molar-refractivity contribution in [2.45, 2.75) is 59.3 Å². The molecule has 0 radical (unpaired) electrons. The quantitative estimate of drug-likeness (QED) is 0.379. The van der Waals surface area contributed by atoms with E-state index in [2.05, 4.69) is 102 Å². The summed E-state index contributed by atoms with van der Waals surface area (Å²) >= 11 is 0. The Labute approximate surface area is 196 Å². The highest BCUT2D eigenvalue weighted by atomic mass is 15.4. The minimum Gasteiger partial charge on any atom is -0.260 e. The molecular formula is C26H33N7. The maximum Gasteiger partial charge on any atom is 0.265 e. The molecule has 0 aliphatic heterocycles. The Bertz CT molecular complexity index is 1120. The number of aryl methyl sites for hydroxylation is 1. The van der Waals surface area contributed by atoms with Crippen molar-refractivity contribution in [1.29, 1.82) is 0 Å². The Morgan fingerprint density at radius 2 is 1.12 bits per heavy atom. The van der Waals surface area contributed by atoms with E-state index in [1.54, 1.807) is 12.4 Å². The number of hydrogen-bond donors (Lipinski definition) is 2. The third-order valence-electron chi connectivity index (χ3n) is 5.17. The average molecular weight is 444 g/mol. The molecule has 0 spiro atoms. The van der Waals surface area contributed by atoms with Crippen molar-refractivity contribution in [3.05, 3.63) is 76.5 Å². The molecule has 0 aliphatic carbocycles. The maximum atomic E-state index is 4.40. The summed E-state index contributed by atoms with van der Waals surface area (Å²) < 4.78 is 0. The molecule has 7 heteroatoms. The molecule has 0 saturated heterocycles. The van der Waals surface area contributed by atoms with Crippen LogP contribution in [0.25, 0.3) is 0 Å². The van der Waals surface area contributed by atoms with Crippen LogP contribution < -0.4 is 10.9 Å². The van der Waals surface area contributed by atoms with E-state index in [-0.39, 0.29) is 16.8 Å². The number of nitrogens with one attached hydrogen (secondary N) is 2. The molecule has 33 heavy (non-hydrogen) atoms. The minimum absolute atomic E-state index is 0.122. The smallest absolute Gasteiger partial charge is 0.260 e. The van der Waals surface area contributed by atoms with E-state index in [0.29, 0.717) is 11.5 Å². The predicted octanol–water partition coefficient (Wildman–Crippen LogP) is 5.67. The Kier molecular flexibility index (Phi) is 7.21. The fourth-order valence-electron chi connectivity index (χ4n) is 3.00. The number of hydrogen-bond acceptors (Lipinski definition) is 7. The molecule has 1 heterocycles. The lowest BCUT2D eigenvalue weighted by molar-refractivity contribution is 0.590. The molecule has 2 N–H and O–H groups in total. The third kappa shape index (κ3) is 6.94. The van der Waals surface area contributed by atoms with Gasteiger partial charge in [0, 0.05) is 0 Å². The molecule has 0 saturated carbocycles. The second kappa shape index (κ2) is 9.90. The van der Waals surface area contributed by atoms with Crippen LogP contribution in [0.2, 0.25) is 0 Å². The van der Waals surface area contributed by atoms with Gasteiger partial charge in [-0.2, -0.15) is 15.2 Å². The minimum atomic E-state index is 0.122. The number of nitrogens with zero attached hydrogens (tertiary/aromatic N) is 5. The van der Waals surface area contributed by atoms with E-state index in [1.807, 2.05) is 31.2 Å². The van der Waals surface area contributed by atoms with Crippen molar-refractivity contribution in [3.8, 4) is 0 Å². The molecule has 7 nitrogen and oxygen atoms in total. The van der Waals surface area contributed by atoms with Crippen LogP contribution in [0.15, 0.2) is 58.7 Å². The van der Waals surface area contributed by atoms with Crippen molar-refractivity contribution < 1.29 is 0 Å². The molecule has 1 aromatic heterocycles. The van der Waals surface area contributed by atoms with Crippen molar-refractivity contribution in [2.75, 3.05) is 10.9 Å². The zero-order chi connectivity index (χ0) is 24.1. The van der Waals surface area contributed by atoms with Gasteiger partial charge in [0.25, 0.3) is 5.95 Å². The van der Waals surface area contributed by atoms with Gasteiger partial charge in [-0.3, -0.25) is 5.43 Å². The van der Waals surface area contributed by atoms with Gasteiger partial charge in [-0.1, -0.05) is 90.1 Å². The molecule has 3 rings (SSSR count). The first-order valence-electron chi connectivity index (χ1n) is 11.0. The van der Waals surface area contributed by atoms with Gasteiger partial charge in [0.1, 0.15) is 5.69 Å². The molecule has 0 fully saturated rings. The van der Waals surface area contributed by atoms with Crippen LogP contribution in [-0.2, 0) is 10.8 Å². The standard InChI is InChI=1S/C26H33N7/c1-18-23(31-27-16-19-8-12-21(13-9-19)25(2,3)4)29-24(33-30-18)32-28-17-20-10-14-22(15-11-20)26(5,6)7/h8-17H,1-7H3,(H2,29,31,32,33)/b27-16+,28-17+. The van der Waals surface area contributed by atoms with E-state index in [1.165, 1.54) is 11.1 Å². The summed E-state index contributed by atoms with van der Waals surface area (Å²) in [7, 11) is 0. The summed E-state index contributed by atoms with van der Waals surface area (Å²) in [5.41, 5.74) is 11.2. The normalized spacial score (nSPS) is 12.5. The maximum absolute atomic E-state index is 4.40. The number of aromatic nitrogens is 3. The lowest BCUT2D eigenvalue weighted by atomic mass is 9.87. The molecule has 3 aromatic rings.